The van der Waals surface area contributed by atoms with E-state index in [4.69, 9.17) is 0 Å². The highest BCUT2D eigenvalue weighted by Gasteiger charge is 2.34. The fourth-order valence-corrected chi connectivity index (χ4v) is 0.990. The summed E-state index contributed by atoms with van der Waals surface area (Å²) in [5, 5.41) is -0.944. The van der Waals surface area contributed by atoms with Gasteiger partial charge in [-0.15, -0.1) is 12.6 Å². The van der Waals surface area contributed by atoms with Gasteiger partial charge in [0.05, 0.1) is 11.1 Å². The number of rotatable bonds is 1. The van der Waals surface area contributed by atoms with Crippen LogP contribution in [0, 0.1) is 0 Å². The topological polar surface area (TPSA) is 30.0 Å². The maximum Gasteiger partial charge on any atom is 0.417 e. The molecule has 0 N–H and O–H groups in total. The Bertz CT molecular complexity index is 337. The van der Waals surface area contributed by atoms with Crippen molar-refractivity contribution in [2.75, 3.05) is 0 Å². The van der Waals surface area contributed by atoms with Gasteiger partial charge in [-0.25, -0.2) is 0 Å². The molecular formula is C7H4F3NOS. The van der Waals surface area contributed by atoms with Crippen LogP contribution in [0.2, 0.25) is 0 Å². The first-order chi connectivity index (χ1) is 5.93. The van der Waals surface area contributed by atoms with E-state index in [9.17, 15) is 18.0 Å². The van der Waals surface area contributed by atoms with Gasteiger partial charge in [0.1, 0.15) is 0 Å². The van der Waals surface area contributed by atoms with Crippen molar-refractivity contribution >= 4 is 17.7 Å². The molecule has 0 amide bonds. The van der Waals surface area contributed by atoms with E-state index in [2.05, 4.69) is 17.6 Å². The van der Waals surface area contributed by atoms with Crippen molar-refractivity contribution in [3.05, 3.63) is 29.6 Å². The van der Waals surface area contributed by atoms with E-state index in [-0.39, 0.29) is 0 Å². The molecule has 0 fully saturated rings. The molecule has 0 saturated carbocycles. The van der Waals surface area contributed by atoms with Crippen molar-refractivity contribution in [3.63, 3.8) is 0 Å². The average molecular weight is 207 g/mol. The van der Waals surface area contributed by atoms with Crippen molar-refractivity contribution in [2.45, 2.75) is 6.18 Å². The maximum atomic E-state index is 12.2. The summed E-state index contributed by atoms with van der Waals surface area (Å²) >= 11 is 3.31. The van der Waals surface area contributed by atoms with Gasteiger partial charge >= 0.3 is 6.18 Å². The number of alkyl halides is 3. The highest BCUT2D eigenvalue weighted by molar-refractivity contribution is 7.97. The first kappa shape index (κ1) is 10.0. The average Bonchev–Trinajstić information content (AvgIpc) is 2.03. The van der Waals surface area contributed by atoms with Crippen LogP contribution in [0.3, 0.4) is 0 Å². The van der Waals surface area contributed by atoms with Gasteiger partial charge in [-0.2, -0.15) is 13.2 Å². The van der Waals surface area contributed by atoms with Crippen molar-refractivity contribution in [2.24, 2.45) is 0 Å². The lowest BCUT2D eigenvalue weighted by Crippen LogP contribution is -2.10. The number of pyridine rings is 1. The molecule has 1 aromatic heterocycles. The van der Waals surface area contributed by atoms with Gasteiger partial charge in [0, 0.05) is 12.4 Å². The molecule has 1 rings (SSSR count). The summed E-state index contributed by atoms with van der Waals surface area (Å²) in [6, 6.07) is 0.740. The van der Waals surface area contributed by atoms with Crippen molar-refractivity contribution in [1.82, 2.24) is 4.98 Å². The number of hydrogen-bond acceptors (Lipinski definition) is 2. The second kappa shape index (κ2) is 3.37. The van der Waals surface area contributed by atoms with Crippen LogP contribution in [0.25, 0.3) is 0 Å². The number of thiol groups is 1. The SMILES string of the molecule is O=C(S)c1cnccc1C(F)(F)F. The number of carbonyl (C=O) groups excluding carboxylic acids is 1. The van der Waals surface area contributed by atoms with E-state index in [0.717, 1.165) is 18.5 Å². The number of hydrogen-bond donors (Lipinski definition) is 1. The zero-order chi connectivity index (χ0) is 10.1. The molecule has 2 nitrogen and oxygen atoms in total. The Morgan fingerprint density at radius 1 is 1.46 bits per heavy atom. The first-order valence-corrected chi connectivity index (χ1v) is 3.62. The van der Waals surface area contributed by atoms with Gasteiger partial charge in [-0.3, -0.25) is 9.78 Å². The van der Waals surface area contributed by atoms with Gasteiger partial charge < -0.3 is 0 Å². The Hall–Kier alpha value is -1.04. The Morgan fingerprint density at radius 2 is 2.08 bits per heavy atom. The van der Waals surface area contributed by atoms with Crippen LogP contribution in [0.4, 0.5) is 13.2 Å². The van der Waals surface area contributed by atoms with Crippen LogP contribution in [0.5, 0.6) is 0 Å². The normalized spacial score (nSPS) is 11.4. The van der Waals surface area contributed by atoms with Gasteiger partial charge in [0.2, 0.25) is 5.12 Å². The standard InChI is InChI=1S/C7H4F3NOS/c8-7(9,10)5-1-2-11-3-4(5)6(12)13/h1-3H,(H,12,13). The molecule has 0 unspecified atom stereocenters. The third-order valence-corrected chi connectivity index (χ3v) is 1.60. The second-order valence-electron chi connectivity index (χ2n) is 2.22. The van der Waals surface area contributed by atoms with Crippen LogP contribution in [-0.4, -0.2) is 10.1 Å². The van der Waals surface area contributed by atoms with Crippen LogP contribution in [-0.2, 0) is 6.18 Å². The fourth-order valence-electron chi connectivity index (χ4n) is 0.812. The summed E-state index contributed by atoms with van der Waals surface area (Å²) in [6.45, 7) is 0. The predicted molar refractivity (Wildman–Crippen MR) is 42.6 cm³/mol. The summed E-state index contributed by atoms with van der Waals surface area (Å²) in [7, 11) is 0. The molecule has 0 aliphatic rings. The van der Waals surface area contributed by atoms with E-state index in [0.29, 0.717) is 0 Å². The van der Waals surface area contributed by atoms with E-state index in [1.165, 1.54) is 0 Å². The van der Waals surface area contributed by atoms with Gasteiger partial charge in [-0.05, 0) is 6.07 Å². The molecule has 70 valence electrons. The summed E-state index contributed by atoms with van der Waals surface area (Å²) < 4.78 is 36.6. The lowest BCUT2D eigenvalue weighted by Gasteiger charge is -2.08. The Balaban J connectivity index is 3.28. The highest BCUT2D eigenvalue weighted by Crippen LogP contribution is 2.31. The monoisotopic (exact) mass is 207 g/mol. The van der Waals surface area contributed by atoms with E-state index < -0.39 is 22.4 Å². The zero-order valence-electron chi connectivity index (χ0n) is 6.17. The molecule has 1 aromatic rings. The minimum atomic E-state index is -4.54. The molecule has 0 saturated heterocycles. The number of nitrogens with zero attached hydrogens (tertiary/aromatic N) is 1. The molecule has 0 radical (unpaired) electrons. The summed E-state index contributed by atoms with van der Waals surface area (Å²) in [4.78, 5) is 14.0. The fraction of sp³-hybridized carbons (Fsp3) is 0.143. The van der Waals surface area contributed by atoms with Gasteiger partial charge in [0.25, 0.3) is 0 Å². The Kier molecular flexibility index (Phi) is 2.60. The van der Waals surface area contributed by atoms with Crippen molar-refractivity contribution in [3.8, 4) is 0 Å². The molecule has 0 spiro atoms. The van der Waals surface area contributed by atoms with E-state index in [1.807, 2.05) is 0 Å². The third kappa shape index (κ3) is 2.21. The molecule has 0 aromatic carbocycles. The summed E-state index contributed by atoms with van der Waals surface area (Å²) in [5.74, 6) is 0. The Morgan fingerprint density at radius 3 is 2.46 bits per heavy atom. The molecule has 0 aliphatic carbocycles. The van der Waals surface area contributed by atoms with Gasteiger partial charge in [0.15, 0.2) is 0 Å². The molecule has 0 bridgehead atoms. The molecule has 6 heteroatoms. The Labute approximate surface area is 77.2 Å². The van der Waals surface area contributed by atoms with Crippen LogP contribution in [0.1, 0.15) is 15.9 Å². The maximum absolute atomic E-state index is 12.2. The molecule has 1 heterocycles. The molecule has 0 atom stereocenters. The zero-order valence-corrected chi connectivity index (χ0v) is 7.06. The molecule has 13 heavy (non-hydrogen) atoms. The smallest absolute Gasteiger partial charge is 0.282 e. The lowest BCUT2D eigenvalue weighted by atomic mass is 10.1. The minimum Gasteiger partial charge on any atom is -0.282 e. The first-order valence-electron chi connectivity index (χ1n) is 3.17. The lowest BCUT2D eigenvalue weighted by molar-refractivity contribution is -0.137. The summed E-state index contributed by atoms with van der Waals surface area (Å²) in [5.41, 5.74) is -1.54. The molecular weight excluding hydrogens is 203 g/mol. The minimum absolute atomic E-state index is 0.529. The number of aromatic nitrogens is 1. The van der Waals surface area contributed by atoms with E-state index >= 15 is 0 Å². The number of halogens is 3. The highest BCUT2D eigenvalue weighted by atomic mass is 32.1. The van der Waals surface area contributed by atoms with Crippen molar-refractivity contribution in [1.29, 1.82) is 0 Å². The number of carbonyl (C=O) groups is 1. The predicted octanol–water partition coefficient (Wildman–Crippen LogP) is 2.17. The third-order valence-electron chi connectivity index (χ3n) is 1.36. The van der Waals surface area contributed by atoms with Gasteiger partial charge in [-0.1, -0.05) is 0 Å². The largest absolute Gasteiger partial charge is 0.417 e. The quantitative estimate of drug-likeness (QED) is 0.715. The van der Waals surface area contributed by atoms with E-state index in [1.54, 1.807) is 0 Å². The van der Waals surface area contributed by atoms with Crippen molar-refractivity contribution < 1.29 is 18.0 Å². The van der Waals surface area contributed by atoms with Crippen LogP contribution in [0.15, 0.2) is 18.5 Å². The molecule has 0 aliphatic heterocycles. The second-order valence-corrected chi connectivity index (χ2v) is 2.63. The van der Waals surface area contributed by atoms with Crippen LogP contribution >= 0.6 is 12.6 Å². The van der Waals surface area contributed by atoms with Crippen LogP contribution < -0.4 is 0 Å². The summed E-state index contributed by atoms with van der Waals surface area (Å²) in [6.07, 6.45) is -2.72.